The van der Waals surface area contributed by atoms with Crippen LogP contribution in [0.2, 0.25) is 0 Å². The van der Waals surface area contributed by atoms with E-state index in [0.717, 1.165) is 12.1 Å². The number of halogens is 3. The van der Waals surface area contributed by atoms with Crippen LogP contribution in [0.5, 0.6) is 0 Å². The van der Waals surface area contributed by atoms with Crippen molar-refractivity contribution >= 4 is 10.0 Å². The number of hydrogen-bond donors (Lipinski definition) is 2. The van der Waals surface area contributed by atoms with Gasteiger partial charge in [0.25, 0.3) is 0 Å². The Bertz CT molecular complexity index is 593. The molecule has 1 fully saturated rings. The van der Waals surface area contributed by atoms with E-state index in [1.54, 1.807) is 0 Å². The highest BCUT2D eigenvalue weighted by Gasteiger charge is 2.35. The molecule has 0 radical (unpaired) electrons. The molecule has 1 atom stereocenters. The van der Waals surface area contributed by atoms with Gasteiger partial charge in [-0.05, 0) is 37.6 Å². The molecule has 1 heterocycles. The third-order valence-electron chi connectivity index (χ3n) is 3.26. The Hall–Kier alpha value is -1.12. The summed E-state index contributed by atoms with van der Waals surface area (Å²) in [4.78, 5) is -0.320. The maximum atomic E-state index is 12.8. The Morgan fingerprint density at radius 3 is 2.60 bits per heavy atom. The summed E-state index contributed by atoms with van der Waals surface area (Å²) in [5.41, 5.74) is -1.21. The number of alkyl halides is 3. The van der Waals surface area contributed by atoms with Crippen LogP contribution in [0, 0.1) is 6.92 Å². The lowest BCUT2D eigenvalue weighted by Crippen LogP contribution is -2.36. The van der Waals surface area contributed by atoms with Gasteiger partial charge in [-0.3, -0.25) is 0 Å². The molecular weight excluding hydrogens is 293 g/mol. The smallest absolute Gasteiger partial charge is 0.315 e. The molecule has 0 aliphatic carbocycles. The number of sulfonamides is 1. The van der Waals surface area contributed by atoms with E-state index < -0.39 is 21.8 Å². The number of rotatable bonds is 3. The Balaban J connectivity index is 2.36. The molecule has 1 aromatic carbocycles. The topological polar surface area (TPSA) is 58.2 Å². The normalized spacial score (nSPS) is 20.3. The fourth-order valence-corrected chi connectivity index (χ4v) is 3.79. The quantitative estimate of drug-likeness (QED) is 0.893. The minimum Gasteiger partial charge on any atom is -0.315 e. The second kappa shape index (κ2) is 5.34. The second-order valence-corrected chi connectivity index (χ2v) is 6.42. The van der Waals surface area contributed by atoms with Gasteiger partial charge in [0.1, 0.15) is 0 Å². The van der Waals surface area contributed by atoms with Crippen LogP contribution in [-0.2, 0) is 16.2 Å². The predicted octanol–water partition coefficient (Wildman–Crippen LogP) is 1.65. The zero-order valence-electron chi connectivity index (χ0n) is 10.8. The van der Waals surface area contributed by atoms with Gasteiger partial charge in [-0.1, -0.05) is 6.07 Å². The molecule has 1 aromatic rings. The van der Waals surface area contributed by atoms with Crippen LogP contribution in [0.3, 0.4) is 0 Å². The lowest BCUT2D eigenvalue weighted by Gasteiger charge is -2.16. The van der Waals surface area contributed by atoms with Crippen molar-refractivity contribution in [3.8, 4) is 0 Å². The zero-order valence-corrected chi connectivity index (χ0v) is 11.6. The largest absolute Gasteiger partial charge is 0.416 e. The first-order valence-corrected chi connectivity index (χ1v) is 7.60. The van der Waals surface area contributed by atoms with E-state index >= 15 is 0 Å². The van der Waals surface area contributed by atoms with Gasteiger partial charge < -0.3 is 5.32 Å². The van der Waals surface area contributed by atoms with Gasteiger partial charge in [-0.2, -0.15) is 13.2 Å². The molecule has 112 valence electrons. The van der Waals surface area contributed by atoms with E-state index in [-0.39, 0.29) is 16.5 Å². The SMILES string of the molecule is Cc1c(C(F)(F)F)cccc1S(=O)(=O)NC1CCNC1. The minimum absolute atomic E-state index is 0.279. The van der Waals surface area contributed by atoms with Crippen molar-refractivity contribution in [2.75, 3.05) is 13.1 Å². The third kappa shape index (κ3) is 3.13. The molecule has 0 aromatic heterocycles. The maximum Gasteiger partial charge on any atom is 0.416 e. The van der Waals surface area contributed by atoms with Gasteiger partial charge >= 0.3 is 6.18 Å². The first-order valence-electron chi connectivity index (χ1n) is 6.11. The molecule has 2 rings (SSSR count). The first-order chi connectivity index (χ1) is 9.22. The summed E-state index contributed by atoms with van der Waals surface area (Å²) in [6.45, 7) is 2.34. The number of hydrogen-bond acceptors (Lipinski definition) is 3. The third-order valence-corrected chi connectivity index (χ3v) is 4.93. The van der Waals surface area contributed by atoms with Crippen molar-refractivity contribution in [1.82, 2.24) is 10.0 Å². The van der Waals surface area contributed by atoms with E-state index in [1.165, 1.54) is 13.0 Å². The first kappa shape index (κ1) is 15.3. The van der Waals surface area contributed by atoms with Gasteiger partial charge in [0.15, 0.2) is 0 Å². The molecule has 20 heavy (non-hydrogen) atoms. The van der Waals surface area contributed by atoms with Crippen molar-refractivity contribution in [2.45, 2.75) is 30.5 Å². The molecule has 1 unspecified atom stereocenters. The van der Waals surface area contributed by atoms with Crippen molar-refractivity contribution < 1.29 is 21.6 Å². The highest BCUT2D eigenvalue weighted by molar-refractivity contribution is 7.89. The van der Waals surface area contributed by atoms with Crippen LogP contribution in [0.4, 0.5) is 13.2 Å². The zero-order chi connectivity index (χ0) is 15.0. The Morgan fingerprint density at radius 1 is 1.35 bits per heavy atom. The second-order valence-electron chi connectivity index (χ2n) is 4.74. The summed E-state index contributed by atoms with van der Waals surface area (Å²) in [6.07, 6.45) is -3.94. The van der Waals surface area contributed by atoms with Crippen LogP contribution in [0.25, 0.3) is 0 Å². The van der Waals surface area contributed by atoms with E-state index in [2.05, 4.69) is 10.0 Å². The summed E-state index contributed by atoms with van der Waals surface area (Å²) in [5, 5.41) is 2.99. The Morgan fingerprint density at radius 2 is 2.05 bits per heavy atom. The van der Waals surface area contributed by atoms with E-state index in [4.69, 9.17) is 0 Å². The summed E-state index contributed by atoms with van der Waals surface area (Å²) in [7, 11) is -3.95. The maximum absolute atomic E-state index is 12.8. The van der Waals surface area contributed by atoms with Gasteiger partial charge in [0.05, 0.1) is 10.5 Å². The average molecular weight is 308 g/mol. The number of benzene rings is 1. The van der Waals surface area contributed by atoms with Gasteiger partial charge in [0.2, 0.25) is 10.0 Å². The summed E-state index contributed by atoms with van der Waals surface area (Å²) >= 11 is 0. The van der Waals surface area contributed by atoms with Crippen LogP contribution < -0.4 is 10.0 Å². The molecule has 2 N–H and O–H groups in total. The fraction of sp³-hybridized carbons (Fsp3) is 0.500. The highest BCUT2D eigenvalue weighted by Crippen LogP contribution is 2.34. The molecule has 0 amide bonds. The molecule has 4 nitrogen and oxygen atoms in total. The Labute approximate surface area is 115 Å². The van der Waals surface area contributed by atoms with Crippen molar-refractivity contribution in [3.63, 3.8) is 0 Å². The molecule has 0 bridgehead atoms. The summed E-state index contributed by atoms with van der Waals surface area (Å²) < 4.78 is 65.2. The summed E-state index contributed by atoms with van der Waals surface area (Å²) in [5.74, 6) is 0. The standard InChI is InChI=1S/C12H15F3N2O2S/c1-8-10(12(13,14)15)3-2-4-11(8)20(18,19)17-9-5-6-16-7-9/h2-4,9,16-17H,5-7H2,1H3. The molecule has 1 saturated heterocycles. The monoisotopic (exact) mass is 308 g/mol. The van der Waals surface area contributed by atoms with Gasteiger partial charge in [0, 0.05) is 12.6 Å². The molecular formula is C12H15F3N2O2S. The number of nitrogens with one attached hydrogen (secondary N) is 2. The minimum atomic E-state index is -4.56. The lowest BCUT2D eigenvalue weighted by atomic mass is 10.1. The highest BCUT2D eigenvalue weighted by atomic mass is 32.2. The van der Waals surface area contributed by atoms with Crippen LogP contribution >= 0.6 is 0 Å². The Kier molecular flexibility index (Phi) is 4.08. The van der Waals surface area contributed by atoms with Crippen molar-refractivity contribution in [1.29, 1.82) is 0 Å². The molecule has 0 saturated carbocycles. The average Bonchev–Trinajstić information content (AvgIpc) is 2.79. The van der Waals surface area contributed by atoms with Crippen LogP contribution in [-0.4, -0.2) is 27.5 Å². The van der Waals surface area contributed by atoms with E-state index in [9.17, 15) is 21.6 Å². The van der Waals surface area contributed by atoms with E-state index in [0.29, 0.717) is 19.5 Å². The van der Waals surface area contributed by atoms with Crippen molar-refractivity contribution in [2.24, 2.45) is 0 Å². The lowest BCUT2D eigenvalue weighted by molar-refractivity contribution is -0.138. The van der Waals surface area contributed by atoms with Crippen LogP contribution in [0.15, 0.2) is 23.1 Å². The molecule has 0 spiro atoms. The molecule has 1 aliphatic heterocycles. The van der Waals surface area contributed by atoms with Gasteiger partial charge in [-0.15, -0.1) is 0 Å². The fourth-order valence-electron chi connectivity index (χ4n) is 2.25. The van der Waals surface area contributed by atoms with Crippen molar-refractivity contribution in [3.05, 3.63) is 29.3 Å². The molecule has 1 aliphatic rings. The van der Waals surface area contributed by atoms with E-state index in [1.807, 2.05) is 0 Å². The van der Waals surface area contributed by atoms with Gasteiger partial charge in [-0.25, -0.2) is 13.1 Å². The predicted molar refractivity (Wildman–Crippen MR) is 67.8 cm³/mol. The molecule has 8 heteroatoms. The van der Waals surface area contributed by atoms with Crippen LogP contribution in [0.1, 0.15) is 17.5 Å². The summed E-state index contributed by atoms with van der Waals surface area (Å²) in [6, 6.07) is 2.90.